The van der Waals surface area contributed by atoms with E-state index in [1.54, 1.807) is 22.7 Å². The first-order valence-corrected chi connectivity index (χ1v) is 8.18. The Labute approximate surface area is 138 Å². The van der Waals surface area contributed by atoms with Crippen LogP contribution in [0.3, 0.4) is 0 Å². The number of alkyl halides is 1. The lowest BCUT2D eigenvalue weighted by Crippen LogP contribution is -2.47. The summed E-state index contributed by atoms with van der Waals surface area (Å²) < 4.78 is 4.87. The van der Waals surface area contributed by atoms with Crippen molar-refractivity contribution in [2.75, 3.05) is 5.88 Å². The first-order valence-electron chi connectivity index (χ1n) is 6.45. The molecule has 22 heavy (non-hydrogen) atoms. The molecule has 0 fully saturated rings. The number of rotatable bonds is 1. The van der Waals surface area contributed by atoms with Gasteiger partial charge in [0.25, 0.3) is 0 Å². The van der Waals surface area contributed by atoms with Crippen LogP contribution in [-0.2, 0) is 0 Å². The van der Waals surface area contributed by atoms with Crippen LogP contribution in [0.2, 0.25) is 5.02 Å². The fraction of sp³-hybridized carbons (Fsp3) is 0.0667. The molecule has 2 aromatic rings. The molecule has 3 heterocycles. The summed E-state index contributed by atoms with van der Waals surface area (Å²) in [4.78, 5) is 12.8. The van der Waals surface area contributed by atoms with Crippen molar-refractivity contribution in [3.05, 3.63) is 57.3 Å². The molecule has 2 aliphatic rings. The second kappa shape index (κ2) is 4.84. The second-order valence-corrected chi connectivity index (χ2v) is 6.56. The number of pyridine rings is 1. The van der Waals surface area contributed by atoms with Gasteiger partial charge in [-0.25, -0.2) is 4.79 Å². The van der Waals surface area contributed by atoms with Crippen LogP contribution in [0, 0.1) is 0 Å². The summed E-state index contributed by atoms with van der Waals surface area (Å²) in [6.07, 6.45) is 1.69. The number of fused-ring (bicyclic) bond motifs is 2. The number of aromatic nitrogens is 2. The van der Waals surface area contributed by atoms with Gasteiger partial charge in [0.15, 0.2) is 5.52 Å². The molecule has 4 nitrogen and oxygen atoms in total. The number of hydrogen-bond acceptors (Lipinski definition) is 3. The first kappa shape index (κ1) is 13.8. The molecule has 7 heteroatoms. The third kappa shape index (κ3) is 1.70. The minimum absolute atomic E-state index is 0.0558. The minimum Gasteiger partial charge on any atom is -0.872 e. The van der Waals surface area contributed by atoms with Crippen molar-refractivity contribution in [3.8, 4) is 5.82 Å². The van der Waals surface area contributed by atoms with Gasteiger partial charge in [-0.3, -0.25) is 0 Å². The van der Waals surface area contributed by atoms with Crippen molar-refractivity contribution >= 4 is 55.2 Å². The van der Waals surface area contributed by atoms with Gasteiger partial charge in [-0.05, 0) is 24.3 Å². The molecule has 4 rings (SSSR count). The van der Waals surface area contributed by atoms with Crippen molar-refractivity contribution in [1.29, 1.82) is 0 Å². The third-order valence-electron chi connectivity index (χ3n) is 3.57. The Morgan fingerprint density at radius 3 is 2.82 bits per heavy atom. The second-order valence-electron chi connectivity index (χ2n) is 4.80. The normalized spacial score (nSPS) is 13.4. The molecule has 0 spiro atoms. The predicted octanol–water partition coefficient (Wildman–Crippen LogP) is 1.31. The van der Waals surface area contributed by atoms with Gasteiger partial charge in [-0.15, -0.1) is 27.5 Å². The lowest BCUT2D eigenvalue weighted by atomic mass is 10.3. The molecule has 0 saturated heterocycles. The van der Waals surface area contributed by atoms with Gasteiger partial charge in [-0.2, -0.15) is 4.40 Å². The van der Waals surface area contributed by atoms with E-state index in [1.165, 1.54) is 15.9 Å². The Bertz CT molecular complexity index is 1120. The number of hydrogen-bond donors (Lipinski definition) is 0. The Morgan fingerprint density at radius 1 is 1.27 bits per heavy atom. The Kier molecular flexibility index (Phi) is 3.04. The zero-order chi connectivity index (χ0) is 15.4. The summed E-state index contributed by atoms with van der Waals surface area (Å²) in [5.41, 5.74) is 0.219. The van der Waals surface area contributed by atoms with E-state index in [4.69, 9.17) is 23.2 Å². The molecule has 0 atom stereocenters. The molecule has 1 aromatic heterocycles. The van der Waals surface area contributed by atoms with Gasteiger partial charge in [-0.1, -0.05) is 23.4 Å². The maximum Gasteiger partial charge on any atom is 0.385 e. The third-order valence-corrected chi connectivity index (χ3v) is 5.20. The summed E-state index contributed by atoms with van der Waals surface area (Å²) in [5, 5.41) is 12.6. The number of benzene rings is 1. The Morgan fingerprint density at radius 2 is 2.05 bits per heavy atom. The monoisotopic (exact) mass is 350 g/mol. The molecular weight excluding hydrogens is 343 g/mol. The molecule has 0 aliphatic carbocycles. The summed E-state index contributed by atoms with van der Waals surface area (Å²) >= 11 is 13.5. The highest BCUT2D eigenvalue weighted by molar-refractivity contribution is 7.24. The van der Waals surface area contributed by atoms with Gasteiger partial charge < -0.3 is 5.11 Å². The van der Waals surface area contributed by atoms with Crippen LogP contribution in [0.25, 0.3) is 26.5 Å². The van der Waals surface area contributed by atoms with E-state index in [2.05, 4.69) is 0 Å². The van der Waals surface area contributed by atoms with Crippen molar-refractivity contribution in [3.63, 3.8) is 0 Å². The highest BCUT2D eigenvalue weighted by Gasteiger charge is 2.29. The maximum absolute atomic E-state index is 12.8. The SMILES string of the molecule is O=c1/c(=C(/[O-])CCl)[n+]2cccc3sc4cccc(Cl)c4n1-c32. The fourth-order valence-electron chi connectivity index (χ4n) is 2.70. The summed E-state index contributed by atoms with van der Waals surface area (Å²) in [6.45, 7) is 0. The quantitative estimate of drug-likeness (QED) is 0.295. The van der Waals surface area contributed by atoms with Gasteiger partial charge in [0.2, 0.25) is 5.35 Å². The number of halogens is 2. The van der Waals surface area contributed by atoms with Crippen LogP contribution in [0.15, 0.2) is 41.3 Å². The highest BCUT2D eigenvalue weighted by atomic mass is 35.5. The lowest BCUT2D eigenvalue weighted by Gasteiger charge is -2.04. The zero-order valence-electron chi connectivity index (χ0n) is 11.0. The number of imidazole rings is 1. The largest absolute Gasteiger partial charge is 0.872 e. The highest BCUT2D eigenvalue weighted by Crippen LogP contribution is 2.32. The van der Waals surface area contributed by atoms with Crippen LogP contribution in [0.5, 0.6) is 0 Å². The van der Waals surface area contributed by atoms with Crippen molar-refractivity contribution in [2.24, 2.45) is 0 Å². The molecule has 2 aliphatic heterocycles. The van der Waals surface area contributed by atoms with Crippen LogP contribution < -0.4 is 20.4 Å². The van der Waals surface area contributed by atoms with E-state index in [0.29, 0.717) is 16.4 Å². The van der Waals surface area contributed by atoms with Gasteiger partial charge >= 0.3 is 11.4 Å². The van der Waals surface area contributed by atoms with E-state index in [1.807, 2.05) is 18.2 Å². The summed E-state index contributed by atoms with van der Waals surface area (Å²) in [7, 11) is 0. The summed E-state index contributed by atoms with van der Waals surface area (Å²) in [5.74, 6) is -0.00156. The zero-order valence-corrected chi connectivity index (χ0v) is 13.4. The smallest absolute Gasteiger partial charge is 0.385 e. The molecule has 1 aromatic carbocycles. The fourth-order valence-corrected chi connectivity index (χ4v) is 4.25. The lowest BCUT2D eigenvalue weighted by molar-refractivity contribution is -0.545. The first-order chi connectivity index (χ1) is 10.6. The molecule has 0 N–H and O–H groups in total. The molecule has 0 amide bonds. The molecule has 0 radical (unpaired) electrons. The number of para-hydroxylation sites is 1. The maximum atomic E-state index is 12.8. The molecule has 0 unspecified atom stereocenters. The molecule has 0 saturated carbocycles. The van der Waals surface area contributed by atoms with Gasteiger partial charge in [0, 0.05) is 5.88 Å². The van der Waals surface area contributed by atoms with Crippen molar-refractivity contribution in [2.45, 2.75) is 0 Å². The number of nitrogens with zero attached hydrogens (tertiary/aromatic N) is 2. The average molecular weight is 351 g/mol. The molecule has 110 valence electrons. The predicted molar refractivity (Wildman–Crippen MR) is 86.1 cm³/mol. The topological polar surface area (TPSA) is 49.2 Å². The van der Waals surface area contributed by atoms with Crippen LogP contribution >= 0.6 is 34.5 Å². The van der Waals surface area contributed by atoms with Crippen LogP contribution in [0.1, 0.15) is 0 Å². The average Bonchev–Trinajstić information content (AvgIpc) is 2.81. The van der Waals surface area contributed by atoms with E-state index < -0.39 is 11.3 Å². The van der Waals surface area contributed by atoms with E-state index in [-0.39, 0.29) is 11.2 Å². The van der Waals surface area contributed by atoms with Crippen LogP contribution in [-0.4, -0.2) is 10.4 Å². The van der Waals surface area contributed by atoms with Crippen molar-refractivity contribution < 1.29 is 9.51 Å². The van der Waals surface area contributed by atoms with E-state index in [9.17, 15) is 9.90 Å². The van der Waals surface area contributed by atoms with Gasteiger partial charge in [0.1, 0.15) is 4.70 Å². The van der Waals surface area contributed by atoms with Gasteiger partial charge in [0.05, 0.1) is 15.9 Å². The Balaban J connectivity index is 2.45. The standard InChI is InChI=1S/C15H8Cl2N2O2S/c16-7-9(20)13-15(21)19-12-8(17)3-1-4-10(12)22-11-5-2-6-18(13)14(11)19/h1-6H,7H2. The minimum atomic E-state index is -0.405. The van der Waals surface area contributed by atoms with E-state index >= 15 is 0 Å². The van der Waals surface area contributed by atoms with Crippen LogP contribution in [0.4, 0.5) is 0 Å². The Hall–Kier alpha value is -1.82. The van der Waals surface area contributed by atoms with E-state index in [0.717, 1.165) is 9.40 Å². The molecular formula is C15H8Cl2N2O2S. The molecule has 0 bridgehead atoms. The van der Waals surface area contributed by atoms with Crippen molar-refractivity contribution in [1.82, 2.24) is 4.57 Å². The summed E-state index contributed by atoms with van der Waals surface area (Å²) in [6, 6.07) is 9.19.